The van der Waals surface area contributed by atoms with Gasteiger partial charge < -0.3 is 23.7 Å². The molecule has 0 aromatic heterocycles. The van der Waals surface area contributed by atoms with Gasteiger partial charge in [-0.2, -0.15) is 0 Å². The van der Waals surface area contributed by atoms with Crippen molar-refractivity contribution < 1.29 is 33.3 Å². The van der Waals surface area contributed by atoms with Gasteiger partial charge in [-0.15, -0.1) is 0 Å². The lowest BCUT2D eigenvalue weighted by Gasteiger charge is -2.44. The molecular formula is C26H36O7S. The molecule has 1 aromatic carbocycles. The monoisotopic (exact) mass is 492 g/mol. The molecule has 2 heterocycles. The Morgan fingerprint density at radius 1 is 0.853 bits per heavy atom. The minimum Gasteiger partial charge on any atom is -0.463 e. The summed E-state index contributed by atoms with van der Waals surface area (Å²) in [4.78, 5) is 26.0. The van der Waals surface area contributed by atoms with E-state index in [1.807, 2.05) is 30.3 Å². The molecule has 34 heavy (non-hydrogen) atoms. The van der Waals surface area contributed by atoms with E-state index in [0.29, 0.717) is 12.8 Å². The number of allylic oxidation sites excluding steroid dienone is 2. The van der Waals surface area contributed by atoms with Crippen LogP contribution in [0.4, 0.5) is 0 Å². The van der Waals surface area contributed by atoms with Crippen molar-refractivity contribution in [3.63, 3.8) is 0 Å². The number of methoxy groups -OCH3 is 2. The fourth-order valence-electron chi connectivity index (χ4n) is 4.16. The zero-order valence-corrected chi connectivity index (χ0v) is 20.9. The molecule has 0 bridgehead atoms. The maximum atomic E-state index is 12.7. The third-order valence-corrected chi connectivity index (χ3v) is 7.13. The quantitative estimate of drug-likeness (QED) is 0.443. The number of cyclic esters (lactones) is 1. The summed E-state index contributed by atoms with van der Waals surface area (Å²) in [5.74, 6) is -0.596. The molecule has 1 fully saturated rings. The van der Waals surface area contributed by atoms with E-state index in [1.54, 1.807) is 14.2 Å². The van der Waals surface area contributed by atoms with Crippen LogP contribution in [-0.2, 0) is 33.3 Å². The molecule has 188 valence electrons. The lowest BCUT2D eigenvalue weighted by atomic mass is 9.99. The minimum atomic E-state index is -0.751. The second kappa shape index (κ2) is 14.5. The van der Waals surface area contributed by atoms with Crippen molar-refractivity contribution in [1.29, 1.82) is 0 Å². The number of carbonyl (C=O) groups is 2. The van der Waals surface area contributed by atoms with Crippen molar-refractivity contribution in [3.05, 3.63) is 42.5 Å². The minimum absolute atomic E-state index is 0.0151. The predicted molar refractivity (Wildman–Crippen MR) is 129 cm³/mol. The van der Waals surface area contributed by atoms with Gasteiger partial charge in [0.15, 0.2) is 6.10 Å². The summed E-state index contributed by atoms with van der Waals surface area (Å²) < 4.78 is 29.3. The van der Waals surface area contributed by atoms with E-state index in [1.165, 1.54) is 11.8 Å². The molecule has 0 spiro atoms. The number of thioether (sulfide) groups is 1. The van der Waals surface area contributed by atoms with E-state index < -0.39 is 29.9 Å². The van der Waals surface area contributed by atoms with Crippen LogP contribution in [0.3, 0.4) is 0 Å². The molecule has 0 radical (unpaired) electrons. The van der Waals surface area contributed by atoms with Gasteiger partial charge in [-0.25, -0.2) is 0 Å². The number of hydrogen-bond donors (Lipinski definition) is 0. The smallest absolute Gasteiger partial charge is 0.306 e. The molecule has 1 aromatic rings. The molecular weight excluding hydrogens is 456 g/mol. The first kappa shape index (κ1) is 26.7. The van der Waals surface area contributed by atoms with Gasteiger partial charge in [-0.1, -0.05) is 42.1 Å². The third kappa shape index (κ3) is 8.12. The number of esters is 2. The first-order valence-corrected chi connectivity index (χ1v) is 12.9. The van der Waals surface area contributed by atoms with Crippen LogP contribution in [0.15, 0.2) is 47.4 Å². The van der Waals surface area contributed by atoms with Crippen LogP contribution >= 0.6 is 11.8 Å². The summed E-state index contributed by atoms with van der Waals surface area (Å²) in [5.41, 5.74) is -0.434. The molecule has 1 saturated heterocycles. The number of rotatable bonds is 4. The number of fused-ring (bicyclic) bond motifs is 1. The van der Waals surface area contributed by atoms with Crippen LogP contribution < -0.4 is 0 Å². The van der Waals surface area contributed by atoms with E-state index in [9.17, 15) is 9.59 Å². The Bertz CT molecular complexity index is 785. The highest BCUT2D eigenvalue weighted by atomic mass is 32.2. The fraction of sp³-hybridized carbons (Fsp3) is 0.615. The van der Waals surface area contributed by atoms with Gasteiger partial charge in [0, 0.05) is 32.0 Å². The molecule has 0 saturated carbocycles. The van der Waals surface area contributed by atoms with Crippen molar-refractivity contribution in [2.75, 3.05) is 20.8 Å². The molecule has 0 aliphatic carbocycles. The second-order valence-electron chi connectivity index (χ2n) is 8.47. The van der Waals surface area contributed by atoms with Gasteiger partial charge >= 0.3 is 11.9 Å². The molecule has 8 heteroatoms. The second-order valence-corrected chi connectivity index (χ2v) is 9.65. The Balaban J connectivity index is 1.78. The molecule has 7 nitrogen and oxygen atoms in total. The van der Waals surface area contributed by atoms with Crippen LogP contribution in [0.5, 0.6) is 0 Å². The van der Waals surface area contributed by atoms with Gasteiger partial charge in [-0.05, 0) is 50.7 Å². The van der Waals surface area contributed by atoms with Crippen molar-refractivity contribution in [2.24, 2.45) is 0 Å². The van der Waals surface area contributed by atoms with E-state index in [4.69, 9.17) is 23.7 Å². The summed E-state index contributed by atoms with van der Waals surface area (Å²) in [6.45, 7) is -0.0151. The normalized spacial score (nSPS) is 30.9. The highest BCUT2D eigenvalue weighted by molar-refractivity contribution is 7.99. The van der Waals surface area contributed by atoms with E-state index in [-0.39, 0.29) is 18.5 Å². The largest absolute Gasteiger partial charge is 0.463 e. The standard InChI is InChI=1S/C26H36O7S/c1-29-24-23-20(32-26(25(24)30-2)34-19-14-10-9-11-15-19)18-31-21(27)16-12-7-5-3-4-6-8-13-17-22(28)33-23/h3-4,9-11,14-15,20,23-26H,5-8,12-13,16-18H2,1-2H3/b4-3+/t20-,23-,24-,25+,26-/m0/s1. The van der Waals surface area contributed by atoms with Gasteiger partial charge in [-0.3, -0.25) is 9.59 Å². The van der Waals surface area contributed by atoms with Crippen molar-refractivity contribution >= 4 is 23.7 Å². The van der Waals surface area contributed by atoms with Crippen LogP contribution in [0, 0.1) is 0 Å². The molecule has 2 aliphatic rings. The Morgan fingerprint density at radius 2 is 1.50 bits per heavy atom. The average molecular weight is 493 g/mol. The van der Waals surface area contributed by atoms with Crippen LogP contribution in [0.2, 0.25) is 0 Å². The lowest BCUT2D eigenvalue weighted by molar-refractivity contribution is -0.234. The number of benzene rings is 1. The summed E-state index contributed by atoms with van der Waals surface area (Å²) in [5, 5.41) is 0. The highest BCUT2D eigenvalue weighted by Gasteiger charge is 2.49. The first-order valence-electron chi connectivity index (χ1n) is 12.0. The molecule has 3 rings (SSSR count). The number of ether oxygens (including phenoxy) is 5. The Hall–Kier alpha value is -1.87. The van der Waals surface area contributed by atoms with E-state index in [0.717, 1.165) is 43.4 Å². The molecule has 5 atom stereocenters. The Labute approximate surface area is 206 Å². The summed E-state index contributed by atoms with van der Waals surface area (Å²) in [6, 6.07) is 9.84. The highest BCUT2D eigenvalue weighted by Crippen LogP contribution is 2.37. The van der Waals surface area contributed by atoms with E-state index in [2.05, 4.69) is 12.2 Å². The maximum Gasteiger partial charge on any atom is 0.306 e. The Kier molecular flexibility index (Phi) is 11.4. The van der Waals surface area contributed by atoms with Crippen LogP contribution in [0.25, 0.3) is 0 Å². The third-order valence-electron chi connectivity index (χ3n) is 5.98. The molecule has 0 unspecified atom stereocenters. The van der Waals surface area contributed by atoms with Crippen molar-refractivity contribution in [3.8, 4) is 0 Å². The van der Waals surface area contributed by atoms with Gasteiger partial charge in [0.1, 0.15) is 30.4 Å². The topological polar surface area (TPSA) is 80.3 Å². The van der Waals surface area contributed by atoms with Crippen LogP contribution in [0.1, 0.15) is 51.4 Å². The van der Waals surface area contributed by atoms with Gasteiger partial charge in [0.2, 0.25) is 0 Å². The SMILES string of the molecule is CO[C@H]1[C@H]2OC(=O)CCCC/C=C/CCCCC(=O)OC[C@@H]2O[C@@H](Sc2ccccc2)[C@@H]1OC. The molecule has 2 aliphatic heterocycles. The van der Waals surface area contributed by atoms with E-state index >= 15 is 0 Å². The van der Waals surface area contributed by atoms with Crippen LogP contribution in [-0.4, -0.2) is 62.6 Å². The Morgan fingerprint density at radius 3 is 2.15 bits per heavy atom. The van der Waals surface area contributed by atoms with Crippen molar-refractivity contribution in [1.82, 2.24) is 0 Å². The number of hydrogen-bond acceptors (Lipinski definition) is 8. The summed E-state index contributed by atoms with van der Waals surface area (Å²) in [6.07, 6.45) is 7.71. The summed E-state index contributed by atoms with van der Waals surface area (Å²) >= 11 is 1.50. The maximum absolute atomic E-state index is 12.7. The molecule has 0 amide bonds. The zero-order valence-electron chi connectivity index (χ0n) is 20.1. The zero-order chi connectivity index (χ0) is 24.2. The first-order chi connectivity index (χ1) is 16.6. The fourth-order valence-corrected chi connectivity index (χ4v) is 5.34. The van der Waals surface area contributed by atoms with Gasteiger partial charge in [0.25, 0.3) is 0 Å². The van der Waals surface area contributed by atoms with Gasteiger partial charge in [0.05, 0.1) is 0 Å². The number of carbonyl (C=O) groups excluding carboxylic acids is 2. The molecule has 0 N–H and O–H groups in total. The lowest BCUT2D eigenvalue weighted by Crippen LogP contribution is -2.60. The summed E-state index contributed by atoms with van der Waals surface area (Å²) in [7, 11) is 3.16. The predicted octanol–water partition coefficient (Wildman–Crippen LogP) is 4.68. The van der Waals surface area contributed by atoms with Crippen molar-refractivity contribution in [2.45, 2.75) is 86.1 Å². The average Bonchev–Trinajstić information content (AvgIpc) is 2.84.